The van der Waals surface area contributed by atoms with Crippen molar-refractivity contribution in [3.63, 3.8) is 0 Å². The van der Waals surface area contributed by atoms with Gasteiger partial charge in [0.05, 0.1) is 24.9 Å². The number of anilines is 1. The second kappa shape index (κ2) is 7.77. The topological polar surface area (TPSA) is 87.7 Å². The molecule has 1 aliphatic carbocycles. The van der Waals surface area contributed by atoms with E-state index >= 15 is 0 Å². The van der Waals surface area contributed by atoms with Crippen molar-refractivity contribution in [2.45, 2.75) is 37.8 Å². The summed E-state index contributed by atoms with van der Waals surface area (Å²) in [6, 6.07) is 6.23. The van der Waals surface area contributed by atoms with Crippen molar-refractivity contribution < 1.29 is 19.1 Å². The zero-order valence-corrected chi connectivity index (χ0v) is 14.8. The Bertz CT molecular complexity index is 666. The van der Waals surface area contributed by atoms with E-state index in [-0.39, 0.29) is 35.0 Å². The first-order valence-electron chi connectivity index (χ1n) is 8.29. The lowest BCUT2D eigenvalue weighted by Crippen LogP contribution is -2.55. The van der Waals surface area contributed by atoms with E-state index in [0.717, 1.165) is 37.4 Å². The Morgan fingerprint density at radius 1 is 1.28 bits per heavy atom. The Kier molecular flexibility index (Phi) is 5.47. The molecule has 1 saturated heterocycles. The number of benzene rings is 1. The maximum Gasteiger partial charge on any atom is 0.319 e. The summed E-state index contributed by atoms with van der Waals surface area (Å²) in [6.45, 7) is 0. The summed E-state index contributed by atoms with van der Waals surface area (Å²) in [5.74, 6) is 0.679. The van der Waals surface area contributed by atoms with Crippen LogP contribution < -0.4 is 15.4 Å². The van der Waals surface area contributed by atoms with Gasteiger partial charge in [0.2, 0.25) is 5.91 Å². The molecule has 134 valence electrons. The fourth-order valence-corrected chi connectivity index (χ4v) is 4.07. The number of hydrogen-bond acceptors (Lipinski definition) is 5. The van der Waals surface area contributed by atoms with Gasteiger partial charge in [0.1, 0.15) is 5.75 Å². The Morgan fingerprint density at radius 2 is 2.08 bits per heavy atom. The number of carbonyl (C=O) groups is 3. The van der Waals surface area contributed by atoms with E-state index in [1.165, 1.54) is 4.90 Å². The SMILES string of the molecule is COc1cccc(NC(=O)NC2CCCCC2N2C(=O)CSC2=O)c1. The van der Waals surface area contributed by atoms with Gasteiger partial charge in [0.15, 0.2) is 0 Å². The van der Waals surface area contributed by atoms with Gasteiger partial charge in [-0.25, -0.2) is 4.79 Å². The monoisotopic (exact) mass is 363 g/mol. The first-order chi connectivity index (χ1) is 12.1. The van der Waals surface area contributed by atoms with Gasteiger partial charge in [-0.05, 0) is 25.0 Å². The number of nitrogens with zero attached hydrogens (tertiary/aromatic N) is 1. The summed E-state index contributed by atoms with van der Waals surface area (Å²) in [5, 5.41) is 5.49. The molecule has 2 atom stereocenters. The Hall–Kier alpha value is -2.22. The largest absolute Gasteiger partial charge is 0.497 e. The minimum absolute atomic E-state index is 0.165. The highest BCUT2D eigenvalue weighted by molar-refractivity contribution is 8.14. The maximum atomic E-state index is 12.3. The van der Waals surface area contributed by atoms with Gasteiger partial charge < -0.3 is 15.4 Å². The highest BCUT2D eigenvalue weighted by atomic mass is 32.2. The molecular formula is C17H21N3O4S. The molecule has 4 amide bonds. The molecule has 2 N–H and O–H groups in total. The third kappa shape index (κ3) is 4.07. The van der Waals surface area contributed by atoms with Crippen LogP contribution in [0, 0.1) is 0 Å². The van der Waals surface area contributed by atoms with Crippen LogP contribution in [0.2, 0.25) is 0 Å². The van der Waals surface area contributed by atoms with Crippen molar-refractivity contribution in [1.82, 2.24) is 10.2 Å². The van der Waals surface area contributed by atoms with E-state index in [1.54, 1.807) is 31.4 Å². The smallest absolute Gasteiger partial charge is 0.319 e. The predicted molar refractivity (Wildman–Crippen MR) is 95.9 cm³/mol. The molecule has 8 heteroatoms. The molecule has 3 rings (SSSR count). The fraction of sp³-hybridized carbons (Fsp3) is 0.471. The quantitative estimate of drug-likeness (QED) is 0.859. The lowest BCUT2D eigenvalue weighted by atomic mass is 9.89. The molecule has 7 nitrogen and oxygen atoms in total. The van der Waals surface area contributed by atoms with Crippen molar-refractivity contribution in [1.29, 1.82) is 0 Å². The van der Waals surface area contributed by atoms with Gasteiger partial charge in [0, 0.05) is 11.8 Å². The minimum atomic E-state index is -0.350. The van der Waals surface area contributed by atoms with Crippen LogP contribution in [0.3, 0.4) is 0 Å². The Morgan fingerprint density at radius 3 is 2.80 bits per heavy atom. The van der Waals surface area contributed by atoms with Crippen molar-refractivity contribution in [3.05, 3.63) is 24.3 Å². The summed E-state index contributed by atoms with van der Waals surface area (Å²) in [6.07, 6.45) is 3.38. The maximum absolute atomic E-state index is 12.3. The van der Waals surface area contributed by atoms with E-state index in [9.17, 15) is 14.4 Å². The number of urea groups is 1. The summed E-state index contributed by atoms with van der Waals surface area (Å²) in [5.41, 5.74) is 0.619. The standard InChI is InChI=1S/C17H21N3O4S/c1-24-12-6-4-5-11(9-12)18-16(22)19-13-7-2-3-8-14(13)20-15(21)10-25-17(20)23/h4-6,9,13-14H,2-3,7-8,10H2,1H3,(H2,18,19,22). The summed E-state index contributed by atoms with van der Waals surface area (Å²) < 4.78 is 5.14. The number of rotatable bonds is 4. The third-order valence-electron chi connectivity index (χ3n) is 4.49. The van der Waals surface area contributed by atoms with Gasteiger partial charge in [-0.2, -0.15) is 0 Å². The predicted octanol–water partition coefficient (Wildman–Crippen LogP) is 2.82. The van der Waals surface area contributed by atoms with Crippen molar-refractivity contribution in [2.24, 2.45) is 0 Å². The van der Waals surface area contributed by atoms with Gasteiger partial charge in [-0.3, -0.25) is 14.5 Å². The molecule has 0 radical (unpaired) electrons. The number of nitrogens with one attached hydrogen (secondary N) is 2. The van der Waals surface area contributed by atoms with E-state index in [0.29, 0.717) is 11.4 Å². The minimum Gasteiger partial charge on any atom is -0.497 e. The van der Waals surface area contributed by atoms with E-state index < -0.39 is 0 Å². The van der Waals surface area contributed by atoms with Crippen molar-refractivity contribution in [2.75, 3.05) is 18.2 Å². The van der Waals surface area contributed by atoms with Gasteiger partial charge in [-0.1, -0.05) is 30.7 Å². The average Bonchev–Trinajstić information content (AvgIpc) is 2.94. The average molecular weight is 363 g/mol. The summed E-state index contributed by atoms with van der Waals surface area (Å²) >= 11 is 1.03. The molecule has 2 aliphatic rings. The first kappa shape index (κ1) is 17.6. The molecular weight excluding hydrogens is 342 g/mol. The first-order valence-corrected chi connectivity index (χ1v) is 9.27. The lowest BCUT2D eigenvalue weighted by Gasteiger charge is -2.36. The molecule has 1 aliphatic heterocycles. The van der Waals surface area contributed by atoms with Crippen LogP contribution in [-0.4, -0.2) is 47.0 Å². The molecule has 1 aromatic rings. The molecule has 1 aromatic carbocycles. The zero-order chi connectivity index (χ0) is 17.8. The van der Waals surface area contributed by atoms with E-state index in [2.05, 4.69) is 10.6 Å². The zero-order valence-electron chi connectivity index (χ0n) is 14.0. The second-order valence-electron chi connectivity index (χ2n) is 6.11. The molecule has 2 fully saturated rings. The number of ether oxygens (including phenoxy) is 1. The van der Waals surface area contributed by atoms with Crippen molar-refractivity contribution in [3.8, 4) is 5.75 Å². The van der Waals surface area contributed by atoms with E-state index in [1.807, 2.05) is 0 Å². The van der Waals surface area contributed by atoms with Crippen LogP contribution in [0.5, 0.6) is 5.75 Å². The van der Waals surface area contributed by atoms with Crippen LogP contribution in [0.4, 0.5) is 15.3 Å². The lowest BCUT2D eigenvalue weighted by molar-refractivity contribution is -0.127. The molecule has 1 heterocycles. The number of thioether (sulfide) groups is 1. The molecule has 0 aromatic heterocycles. The summed E-state index contributed by atoms with van der Waals surface area (Å²) in [4.78, 5) is 37.7. The van der Waals surface area contributed by atoms with Gasteiger partial charge in [0.25, 0.3) is 5.24 Å². The number of carbonyl (C=O) groups excluding carboxylic acids is 3. The Labute approximate surface area is 150 Å². The number of methoxy groups -OCH3 is 1. The van der Waals surface area contributed by atoms with E-state index in [4.69, 9.17) is 4.74 Å². The van der Waals surface area contributed by atoms with Gasteiger partial charge in [-0.15, -0.1) is 0 Å². The van der Waals surface area contributed by atoms with Crippen LogP contribution in [0.25, 0.3) is 0 Å². The molecule has 25 heavy (non-hydrogen) atoms. The van der Waals surface area contributed by atoms with Crippen LogP contribution in [-0.2, 0) is 4.79 Å². The number of hydrogen-bond donors (Lipinski definition) is 2. The second-order valence-corrected chi connectivity index (χ2v) is 7.03. The third-order valence-corrected chi connectivity index (χ3v) is 5.32. The Balaban J connectivity index is 1.65. The fourth-order valence-electron chi connectivity index (χ4n) is 3.31. The normalized spacial score (nSPS) is 23.5. The highest BCUT2D eigenvalue weighted by Crippen LogP contribution is 2.30. The summed E-state index contributed by atoms with van der Waals surface area (Å²) in [7, 11) is 1.56. The van der Waals surface area contributed by atoms with Crippen LogP contribution >= 0.6 is 11.8 Å². The number of amides is 4. The van der Waals surface area contributed by atoms with Crippen molar-refractivity contribution >= 4 is 34.6 Å². The van der Waals surface area contributed by atoms with Crippen LogP contribution in [0.1, 0.15) is 25.7 Å². The number of imide groups is 1. The molecule has 0 spiro atoms. The highest BCUT2D eigenvalue weighted by Gasteiger charge is 2.41. The van der Waals surface area contributed by atoms with Crippen LogP contribution in [0.15, 0.2) is 24.3 Å². The molecule has 2 unspecified atom stereocenters. The molecule has 0 bridgehead atoms. The molecule has 1 saturated carbocycles. The van der Waals surface area contributed by atoms with Gasteiger partial charge >= 0.3 is 6.03 Å².